The van der Waals surface area contributed by atoms with E-state index in [4.69, 9.17) is 0 Å². The fourth-order valence-corrected chi connectivity index (χ4v) is 2.48. The Bertz CT molecular complexity index is 473. The second-order valence-corrected chi connectivity index (χ2v) is 5.35. The Labute approximate surface area is 106 Å². The lowest BCUT2D eigenvalue weighted by Crippen LogP contribution is -2.39. The van der Waals surface area contributed by atoms with Crippen LogP contribution in [0.15, 0.2) is 12.1 Å². The molecule has 1 aliphatic carbocycles. The van der Waals surface area contributed by atoms with Crippen LogP contribution in [0.3, 0.4) is 0 Å². The molecule has 1 aliphatic heterocycles. The summed E-state index contributed by atoms with van der Waals surface area (Å²) in [6.07, 6.45) is 2.20. The second-order valence-electron chi connectivity index (χ2n) is 4.19. The molecule has 16 heavy (non-hydrogen) atoms. The SMILES string of the molecule is O=C1CN(C2CC2)c2cc(F)c(I)cc2N1. The average molecular weight is 332 g/mol. The lowest BCUT2D eigenvalue weighted by Gasteiger charge is -2.31. The number of rotatable bonds is 1. The summed E-state index contributed by atoms with van der Waals surface area (Å²) < 4.78 is 14.1. The van der Waals surface area contributed by atoms with E-state index in [2.05, 4.69) is 5.32 Å². The monoisotopic (exact) mass is 332 g/mol. The number of halogens is 2. The fourth-order valence-electron chi connectivity index (χ4n) is 2.02. The van der Waals surface area contributed by atoms with Crippen molar-refractivity contribution in [3.8, 4) is 0 Å². The van der Waals surface area contributed by atoms with E-state index >= 15 is 0 Å². The van der Waals surface area contributed by atoms with Gasteiger partial charge in [0.2, 0.25) is 5.91 Å². The standard InChI is InChI=1S/C11H10FIN2O/c12-7-3-10-9(4-8(7)13)14-11(16)5-15(10)6-1-2-6/h3-4,6H,1-2,5H2,(H,14,16). The first-order valence-corrected chi connectivity index (χ1v) is 6.28. The van der Waals surface area contributed by atoms with Crippen molar-refractivity contribution in [1.29, 1.82) is 0 Å². The lowest BCUT2D eigenvalue weighted by atomic mass is 10.2. The molecule has 1 N–H and O–H groups in total. The number of nitrogens with one attached hydrogen (secondary N) is 1. The number of benzene rings is 1. The van der Waals surface area contributed by atoms with Crippen molar-refractivity contribution in [2.24, 2.45) is 0 Å². The summed E-state index contributed by atoms with van der Waals surface area (Å²) in [5.74, 6) is -0.233. The topological polar surface area (TPSA) is 32.3 Å². The van der Waals surface area contributed by atoms with Gasteiger partial charge in [0.05, 0.1) is 21.5 Å². The summed E-state index contributed by atoms with van der Waals surface area (Å²) >= 11 is 1.93. The minimum Gasteiger partial charge on any atom is -0.357 e. The zero-order valence-electron chi connectivity index (χ0n) is 8.46. The van der Waals surface area contributed by atoms with Crippen LogP contribution in [0.5, 0.6) is 0 Å². The normalized spacial score (nSPS) is 19.4. The van der Waals surface area contributed by atoms with Crippen molar-refractivity contribution in [3.05, 3.63) is 21.5 Å². The Kier molecular flexibility index (Phi) is 2.31. The molecule has 1 fully saturated rings. The van der Waals surface area contributed by atoms with Crippen LogP contribution in [-0.4, -0.2) is 18.5 Å². The molecule has 1 aromatic carbocycles. The predicted molar refractivity (Wildman–Crippen MR) is 68.1 cm³/mol. The van der Waals surface area contributed by atoms with Crippen LogP contribution in [0, 0.1) is 9.39 Å². The molecule has 3 nitrogen and oxygen atoms in total. The van der Waals surface area contributed by atoms with Gasteiger partial charge in [-0.15, -0.1) is 0 Å². The van der Waals surface area contributed by atoms with Gasteiger partial charge >= 0.3 is 0 Å². The average Bonchev–Trinajstić information content (AvgIpc) is 3.03. The minimum atomic E-state index is -0.221. The highest BCUT2D eigenvalue weighted by atomic mass is 127. The maximum Gasteiger partial charge on any atom is 0.243 e. The molecule has 0 radical (unpaired) electrons. The zero-order valence-corrected chi connectivity index (χ0v) is 10.6. The zero-order chi connectivity index (χ0) is 11.3. The van der Waals surface area contributed by atoms with Crippen molar-refractivity contribution in [3.63, 3.8) is 0 Å². The van der Waals surface area contributed by atoms with E-state index < -0.39 is 0 Å². The summed E-state index contributed by atoms with van der Waals surface area (Å²) in [5.41, 5.74) is 1.55. The van der Waals surface area contributed by atoms with Gasteiger partial charge in [0.25, 0.3) is 0 Å². The van der Waals surface area contributed by atoms with Crippen LogP contribution in [0.4, 0.5) is 15.8 Å². The smallest absolute Gasteiger partial charge is 0.243 e. The number of hydrogen-bond donors (Lipinski definition) is 1. The Morgan fingerprint density at radius 3 is 2.88 bits per heavy atom. The van der Waals surface area contributed by atoms with Gasteiger partial charge in [0.15, 0.2) is 0 Å². The number of carbonyl (C=O) groups excluding carboxylic acids is 1. The molecule has 0 unspecified atom stereocenters. The Balaban J connectivity index is 2.09. The molecule has 1 aromatic rings. The van der Waals surface area contributed by atoms with Crippen molar-refractivity contribution in [2.45, 2.75) is 18.9 Å². The molecule has 1 heterocycles. The predicted octanol–water partition coefficient (Wildman–Crippen LogP) is 2.35. The van der Waals surface area contributed by atoms with Crippen LogP contribution >= 0.6 is 22.6 Å². The molecule has 5 heteroatoms. The molecule has 3 rings (SSSR count). The van der Waals surface area contributed by atoms with Crippen LogP contribution in [-0.2, 0) is 4.79 Å². The molecular weight excluding hydrogens is 322 g/mol. The number of hydrogen-bond acceptors (Lipinski definition) is 2. The van der Waals surface area contributed by atoms with Gasteiger partial charge < -0.3 is 10.2 Å². The highest BCUT2D eigenvalue weighted by Crippen LogP contribution is 2.39. The number of carbonyl (C=O) groups is 1. The summed E-state index contributed by atoms with van der Waals surface area (Å²) in [6, 6.07) is 3.64. The maximum atomic E-state index is 13.5. The molecule has 0 atom stereocenters. The Morgan fingerprint density at radius 2 is 2.19 bits per heavy atom. The van der Waals surface area contributed by atoms with E-state index in [1.165, 1.54) is 6.07 Å². The molecule has 84 valence electrons. The van der Waals surface area contributed by atoms with Crippen LogP contribution < -0.4 is 10.2 Å². The van der Waals surface area contributed by atoms with Crippen molar-refractivity contribution in [2.75, 3.05) is 16.8 Å². The van der Waals surface area contributed by atoms with Gasteiger partial charge in [-0.2, -0.15) is 0 Å². The number of anilines is 2. The van der Waals surface area contributed by atoms with Gasteiger partial charge in [0, 0.05) is 12.1 Å². The van der Waals surface area contributed by atoms with Gasteiger partial charge in [-0.25, -0.2) is 4.39 Å². The molecule has 1 saturated carbocycles. The molecule has 0 aromatic heterocycles. The van der Waals surface area contributed by atoms with Gasteiger partial charge in [-0.05, 0) is 41.5 Å². The van der Waals surface area contributed by atoms with E-state index in [-0.39, 0.29) is 11.7 Å². The summed E-state index contributed by atoms with van der Waals surface area (Å²) in [6.45, 7) is 0.345. The van der Waals surface area contributed by atoms with Gasteiger partial charge in [-0.1, -0.05) is 0 Å². The highest BCUT2D eigenvalue weighted by Gasteiger charge is 2.34. The number of amides is 1. The van der Waals surface area contributed by atoms with Gasteiger partial charge in [0.1, 0.15) is 5.82 Å². The van der Waals surface area contributed by atoms with Crippen LogP contribution in [0.25, 0.3) is 0 Å². The third kappa shape index (κ3) is 1.66. The lowest BCUT2D eigenvalue weighted by molar-refractivity contribution is -0.115. The molecular formula is C11H10FIN2O. The summed E-state index contributed by atoms with van der Waals surface area (Å²) in [5, 5.41) is 2.79. The van der Waals surface area contributed by atoms with E-state index in [9.17, 15) is 9.18 Å². The number of nitrogens with zero attached hydrogens (tertiary/aromatic N) is 1. The molecule has 1 amide bonds. The van der Waals surface area contributed by atoms with Crippen molar-refractivity contribution >= 4 is 39.9 Å². The number of fused-ring (bicyclic) bond motifs is 1. The van der Waals surface area contributed by atoms with Crippen LogP contribution in [0.1, 0.15) is 12.8 Å². The quantitative estimate of drug-likeness (QED) is 0.801. The minimum absolute atomic E-state index is 0.0122. The third-order valence-corrected chi connectivity index (χ3v) is 3.75. The summed E-state index contributed by atoms with van der Waals surface area (Å²) in [7, 11) is 0. The summed E-state index contributed by atoms with van der Waals surface area (Å²) in [4.78, 5) is 13.5. The van der Waals surface area contributed by atoms with E-state index in [1.807, 2.05) is 27.5 Å². The maximum absolute atomic E-state index is 13.5. The Hall–Kier alpha value is -0.850. The first kappa shape index (κ1) is 10.3. The van der Waals surface area contributed by atoms with Crippen LogP contribution in [0.2, 0.25) is 0 Å². The van der Waals surface area contributed by atoms with E-state index in [0.29, 0.717) is 16.2 Å². The Morgan fingerprint density at radius 1 is 1.44 bits per heavy atom. The first-order chi connectivity index (χ1) is 7.65. The fraction of sp³-hybridized carbons (Fsp3) is 0.364. The van der Waals surface area contributed by atoms with Crippen molar-refractivity contribution < 1.29 is 9.18 Å². The molecule has 0 spiro atoms. The molecule has 2 aliphatic rings. The third-order valence-electron chi connectivity index (χ3n) is 2.92. The van der Waals surface area contributed by atoms with E-state index in [1.54, 1.807) is 6.07 Å². The first-order valence-electron chi connectivity index (χ1n) is 5.20. The molecule has 0 saturated heterocycles. The van der Waals surface area contributed by atoms with Crippen molar-refractivity contribution in [1.82, 2.24) is 0 Å². The van der Waals surface area contributed by atoms with E-state index in [0.717, 1.165) is 24.2 Å². The van der Waals surface area contributed by atoms with Gasteiger partial charge in [-0.3, -0.25) is 4.79 Å². The second kappa shape index (κ2) is 3.58. The highest BCUT2D eigenvalue weighted by molar-refractivity contribution is 14.1. The largest absolute Gasteiger partial charge is 0.357 e. The molecule has 0 bridgehead atoms.